The van der Waals surface area contributed by atoms with Gasteiger partial charge in [-0.25, -0.2) is 0 Å². The maximum Gasteiger partial charge on any atom is 0.202 e. The van der Waals surface area contributed by atoms with E-state index >= 15 is 0 Å². The molecule has 0 amide bonds. The molecule has 0 aromatic heterocycles. The Labute approximate surface area is 237 Å². The molecular formula is C35H38O5. The molecule has 1 aliphatic heterocycles. The summed E-state index contributed by atoms with van der Waals surface area (Å²) in [5.41, 5.74) is 5.60. The standard InChI is InChI=1S/C35H38O5/c1-26-13-12-20-31(27(26)2)39-34-21-32(37-23-29-16-8-4-9-17-29)35(38-24-30-18-10-5-11-19-30)33(40-34)25-36-22-28-14-6-3-7-15-28/h3-20,32-35H,21-25H2,1-2H3/t32-,33?,34+,35-/m1/s1. The summed E-state index contributed by atoms with van der Waals surface area (Å²) in [6.07, 6.45) is -0.925. The minimum Gasteiger partial charge on any atom is -0.465 e. The first-order chi connectivity index (χ1) is 19.7. The van der Waals surface area contributed by atoms with Crippen LogP contribution in [-0.4, -0.2) is 31.2 Å². The third kappa shape index (κ3) is 7.80. The second kappa shape index (κ2) is 14.2. The van der Waals surface area contributed by atoms with Gasteiger partial charge in [0.15, 0.2) is 0 Å². The Morgan fingerprint density at radius 3 is 1.85 bits per heavy atom. The summed E-state index contributed by atoms with van der Waals surface area (Å²) >= 11 is 0. The van der Waals surface area contributed by atoms with Crippen molar-refractivity contribution in [1.29, 1.82) is 0 Å². The van der Waals surface area contributed by atoms with Gasteiger partial charge in [-0.05, 0) is 47.7 Å². The highest BCUT2D eigenvalue weighted by atomic mass is 16.7. The van der Waals surface area contributed by atoms with Crippen molar-refractivity contribution < 1.29 is 23.7 Å². The van der Waals surface area contributed by atoms with Crippen LogP contribution in [0.5, 0.6) is 5.75 Å². The van der Waals surface area contributed by atoms with Crippen molar-refractivity contribution in [2.24, 2.45) is 0 Å². The largest absolute Gasteiger partial charge is 0.465 e. The minimum atomic E-state index is -0.497. The fourth-order valence-electron chi connectivity index (χ4n) is 4.88. The molecule has 1 aliphatic rings. The third-order valence-electron chi connectivity index (χ3n) is 7.28. The van der Waals surface area contributed by atoms with Gasteiger partial charge in [-0.2, -0.15) is 0 Å². The highest BCUT2D eigenvalue weighted by molar-refractivity contribution is 5.38. The second-order valence-electron chi connectivity index (χ2n) is 10.3. The van der Waals surface area contributed by atoms with Crippen molar-refractivity contribution in [3.63, 3.8) is 0 Å². The van der Waals surface area contributed by atoms with E-state index in [1.54, 1.807) is 0 Å². The van der Waals surface area contributed by atoms with Gasteiger partial charge in [0.2, 0.25) is 6.29 Å². The highest BCUT2D eigenvalue weighted by Crippen LogP contribution is 2.31. The maximum atomic E-state index is 6.55. The van der Waals surface area contributed by atoms with Crippen LogP contribution < -0.4 is 4.74 Å². The number of hydrogen-bond donors (Lipinski definition) is 0. The number of ether oxygens (including phenoxy) is 5. The molecule has 4 aromatic carbocycles. The molecule has 5 heteroatoms. The number of aryl methyl sites for hydroxylation is 1. The van der Waals surface area contributed by atoms with Crippen LogP contribution in [0, 0.1) is 13.8 Å². The van der Waals surface area contributed by atoms with E-state index < -0.39 is 6.29 Å². The fourth-order valence-corrected chi connectivity index (χ4v) is 4.88. The molecular weight excluding hydrogens is 500 g/mol. The fraction of sp³-hybridized carbons (Fsp3) is 0.314. The smallest absolute Gasteiger partial charge is 0.202 e. The van der Waals surface area contributed by atoms with Crippen LogP contribution in [0.3, 0.4) is 0 Å². The Bertz CT molecular complexity index is 1300. The van der Waals surface area contributed by atoms with E-state index in [2.05, 4.69) is 56.3 Å². The number of rotatable bonds is 12. The van der Waals surface area contributed by atoms with E-state index in [0.717, 1.165) is 28.0 Å². The molecule has 0 aliphatic carbocycles. The van der Waals surface area contributed by atoms with E-state index in [9.17, 15) is 0 Å². The lowest BCUT2D eigenvalue weighted by Crippen LogP contribution is -2.53. The second-order valence-corrected chi connectivity index (χ2v) is 10.3. The Kier molecular flexibility index (Phi) is 9.99. The summed E-state index contributed by atoms with van der Waals surface area (Å²) in [6.45, 7) is 5.94. The van der Waals surface area contributed by atoms with Crippen LogP contribution in [0.15, 0.2) is 109 Å². The lowest BCUT2D eigenvalue weighted by Gasteiger charge is -2.41. The summed E-state index contributed by atoms with van der Waals surface area (Å²) in [5, 5.41) is 0. The predicted octanol–water partition coefficient (Wildman–Crippen LogP) is 7.18. The quantitative estimate of drug-likeness (QED) is 0.191. The van der Waals surface area contributed by atoms with Gasteiger partial charge in [-0.15, -0.1) is 0 Å². The maximum absolute atomic E-state index is 6.55. The number of benzene rings is 4. The molecule has 5 rings (SSSR count). The molecule has 5 nitrogen and oxygen atoms in total. The van der Waals surface area contributed by atoms with Crippen LogP contribution >= 0.6 is 0 Å². The Balaban J connectivity index is 1.36. The molecule has 40 heavy (non-hydrogen) atoms. The van der Waals surface area contributed by atoms with E-state index in [1.807, 2.05) is 66.7 Å². The van der Waals surface area contributed by atoms with Gasteiger partial charge in [-0.1, -0.05) is 103 Å². The minimum absolute atomic E-state index is 0.252. The van der Waals surface area contributed by atoms with E-state index in [4.69, 9.17) is 23.7 Å². The van der Waals surface area contributed by atoms with Crippen LogP contribution in [0.4, 0.5) is 0 Å². The first-order valence-corrected chi connectivity index (χ1v) is 14.0. The van der Waals surface area contributed by atoms with Crippen molar-refractivity contribution >= 4 is 0 Å². The van der Waals surface area contributed by atoms with Crippen molar-refractivity contribution in [2.75, 3.05) is 6.61 Å². The average molecular weight is 539 g/mol. The van der Waals surface area contributed by atoms with Gasteiger partial charge >= 0.3 is 0 Å². The first kappa shape index (κ1) is 28.1. The molecule has 1 fully saturated rings. The molecule has 1 heterocycles. The van der Waals surface area contributed by atoms with Crippen molar-refractivity contribution in [3.05, 3.63) is 137 Å². The van der Waals surface area contributed by atoms with E-state index in [-0.39, 0.29) is 18.3 Å². The summed E-state index contributed by atoms with van der Waals surface area (Å²) in [7, 11) is 0. The molecule has 1 saturated heterocycles. The SMILES string of the molecule is Cc1cccc(O[C@@H]2C[C@@H](OCc3ccccc3)[C@@H](OCc3ccccc3)C(COCc3ccccc3)O2)c1C. The Hall–Kier alpha value is -3.48. The lowest BCUT2D eigenvalue weighted by molar-refractivity contribution is -0.257. The van der Waals surface area contributed by atoms with Crippen LogP contribution in [-0.2, 0) is 38.8 Å². The molecule has 0 saturated carbocycles. The predicted molar refractivity (Wildman–Crippen MR) is 156 cm³/mol. The zero-order valence-electron chi connectivity index (χ0n) is 23.3. The van der Waals surface area contributed by atoms with Gasteiger partial charge in [-0.3, -0.25) is 0 Å². The zero-order valence-corrected chi connectivity index (χ0v) is 23.3. The Morgan fingerprint density at radius 2 is 1.23 bits per heavy atom. The Morgan fingerprint density at radius 1 is 0.650 bits per heavy atom. The number of hydrogen-bond acceptors (Lipinski definition) is 5. The molecule has 208 valence electrons. The van der Waals surface area contributed by atoms with Crippen LogP contribution in [0.25, 0.3) is 0 Å². The van der Waals surface area contributed by atoms with Gasteiger partial charge in [0, 0.05) is 6.42 Å². The molecule has 1 unspecified atom stereocenters. The van der Waals surface area contributed by atoms with Gasteiger partial charge in [0.05, 0.1) is 32.5 Å². The normalized spacial score (nSPS) is 20.8. The zero-order chi connectivity index (χ0) is 27.6. The average Bonchev–Trinajstić information content (AvgIpc) is 2.99. The summed E-state index contributed by atoms with van der Waals surface area (Å²) in [5.74, 6) is 0.819. The third-order valence-corrected chi connectivity index (χ3v) is 7.28. The van der Waals surface area contributed by atoms with Gasteiger partial charge in [0.1, 0.15) is 18.0 Å². The van der Waals surface area contributed by atoms with Crippen LogP contribution in [0.1, 0.15) is 34.2 Å². The first-order valence-electron chi connectivity index (χ1n) is 14.0. The molecule has 0 spiro atoms. The van der Waals surface area contributed by atoms with Crippen molar-refractivity contribution in [1.82, 2.24) is 0 Å². The lowest BCUT2D eigenvalue weighted by atomic mass is 10.0. The van der Waals surface area contributed by atoms with Crippen molar-refractivity contribution in [3.8, 4) is 5.75 Å². The molecule has 4 atom stereocenters. The molecule has 0 N–H and O–H groups in total. The van der Waals surface area contributed by atoms with E-state index in [0.29, 0.717) is 32.8 Å². The van der Waals surface area contributed by atoms with Crippen molar-refractivity contribution in [2.45, 2.75) is 64.7 Å². The molecule has 0 radical (unpaired) electrons. The summed E-state index contributed by atoms with van der Waals surface area (Å²) < 4.78 is 32.3. The van der Waals surface area contributed by atoms with Crippen LogP contribution in [0.2, 0.25) is 0 Å². The monoisotopic (exact) mass is 538 g/mol. The van der Waals surface area contributed by atoms with Gasteiger partial charge < -0.3 is 23.7 Å². The van der Waals surface area contributed by atoms with E-state index in [1.165, 1.54) is 5.56 Å². The topological polar surface area (TPSA) is 46.2 Å². The molecule has 0 bridgehead atoms. The van der Waals surface area contributed by atoms with Gasteiger partial charge in [0.25, 0.3) is 0 Å². The summed E-state index contributed by atoms with van der Waals surface area (Å²) in [6, 6.07) is 36.6. The molecule has 4 aromatic rings. The highest BCUT2D eigenvalue weighted by Gasteiger charge is 2.42. The summed E-state index contributed by atoms with van der Waals surface area (Å²) in [4.78, 5) is 0.